The summed E-state index contributed by atoms with van der Waals surface area (Å²) in [5.74, 6) is 0.596. The highest BCUT2D eigenvalue weighted by atomic mass is 32.9. The predicted molar refractivity (Wildman–Crippen MR) is 57.3 cm³/mol. The molecule has 0 aromatic heterocycles. The molecule has 4 nitrogen and oxygen atoms in total. The van der Waals surface area contributed by atoms with Crippen molar-refractivity contribution in [2.45, 2.75) is 13.0 Å². The van der Waals surface area contributed by atoms with E-state index in [-0.39, 0.29) is 12.0 Å². The zero-order valence-corrected chi connectivity index (χ0v) is 10.0. The first-order valence-electron chi connectivity index (χ1n) is 3.82. The van der Waals surface area contributed by atoms with Crippen molar-refractivity contribution in [3.8, 4) is 0 Å². The summed E-state index contributed by atoms with van der Waals surface area (Å²) in [6.45, 7) is 2.39. The van der Waals surface area contributed by atoms with Crippen LogP contribution in [-0.2, 0) is 25.9 Å². The van der Waals surface area contributed by atoms with E-state index in [0.717, 1.165) is 5.75 Å². The number of nitrogens with one attached hydrogen (secondary N) is 1. The second-order valence-corrected chi connectivity index (χ2v) is 9.27. The fourth-order valence-electron chi connectivity index (χ4n) is 0.893. The third-order valence-electron chi connectivity index (χ3n) is 1.51. The monoisotopic (exact) mass is 241 g/mol. The van der Waals surface area contributed by atoms with Gasteiger partial charge in [0.15, 0.2) is 5.62 Å². The lowest BCUT2D eigenvalue weighted by Gasteiger charge is -2.19. The van der Waals surface area contributed by atoms with E-state index >= 15 is 0 Å². The van der Waals surface area contributed by atoms with E-state index < -0.39 is 5.62 Å². The van der Waals surface area contributed by atoms with E-state index in [1.165, 1.54) is 7.11 Å². The van der Waals surface area contributed by atoms with Crippen LogP contribution in [-0.4, -0.2) is 31.5 Å². The molecule has 1 rings (SSSR count). The van der Waals surface area contributed by atoms with E-state index in [9.17, 15) is 4.79 Å². The first-order valence-corrected chi connectivity index (χ1v) is 8.13. The molecule has 1 saturated heterocycles. The van der Waals surface area contributed by atoms with E-state index in [1.54, 1.807) is 18.3 Å². The second kappa shape index (κ2) is 4.75. The fourth-order valence-corrected chi connectivity index (χ4v) is 6.01. The Morgan fingerprint density at radius 1 is 1.85 bits per heavy atom. The maximum atomic E-state index is 11.1. The Hall–Kier alpha value is 0.390. The Morgan fingerprint density at radius 3 is 3.00 bits per heavy atom. The molecule has 1 heterocycles. The number of hydrogen-bond acceptors (Lipinski definition) is 5. The van der Waals surface area contributed by atoms with Crippen molar-refractivity contribution in [1.29, 1.82) is 0 Å². The molecule has 0 aromatic rings. The quantitative estimate of drug-likeness (QED) is 0.590. The average molecular weight is 241 g/mol. The lowest BCUT2D eigenvalue weighted by Crippen LogP contribution is -2.31. The topological polar surface area (TPSA) is 47.6 Å². The molecular weight excluding hydrogens is 229 g/mol. The van der Waals surface area contributed by atoms with Crippen molar-refractivity contribution in [3.05, 3.63) is 0 Å². The summed E-state index contributed by atoms with van der Waals surface area (Å²) in [6, 6.07) is -0.388. The van der Waals surface area contributed by atoms with Crippen LogP contribution in [0.5, 0.6) is 0 Å². The van der Waals surface area contributed by atoms with Crippen molar-refractivity contribution in [3.63, 3.8) is 0 Å². The van der Waals surface area contributed by atoms with E-state index in [2.05, 4.69) is 9.82 Å². The van der Waals surface area contributed by atoms with E-state index in [0.29, 0.717) is 6.61 Å². The molecule has 1 unspecified atom stereocenters. The standard InChI is InChI=1S/C6H12NO3PS2/c1-5(6(8)9-2)7-11(12)10-3-4-13-11/h5H,3-4H2,1-2H3,(H,7,12)/t5-,11?/m0/s1. The van der Waals surface area contributed by atoms with Gasteiger partial charge in [0, 0.05) is 5.75 Å². The molecule has 76 valence electrons. The first-order chi connectivity index (χ1) is 6.07. The zero-order chi connectivity index (χ0) is 9.90. The Labute approximate surface area is 86.6 Å². The van der Waals surface area contributed by atoms with Gasteiger partial charge in [0.25, 0.3) is 0 Å². The minimum Gasteiger partial charge on any atom is -0.468 e. The molecular formula is C6H12NO3PS2. The van der Waals surface area contributed by atoms with Gasteiger partial charge in [-0.1, -0.05) is 11.4 Å². The number of rotatable bonds is 3. The molecule has 1 fully saturated rings. The molecule has 7 heteroatoms. The van der Waals surface area contributed by atoms with Crippen molar-refractivity contribution in [2.24, 2.45) is 0 Å². The van der Waals surface area contributed by atoms with Gasteiger partial charge in [0.1, 0.15) is 6.04 Å². The number of methoxy groups -OCH3 is 1. The molecule has 2 atom stereocenters. The first kappa shape index (κ1) is 11.5. The Morgan fingerprint density at radius 2 is 2.54 bits per heavy atom. The third kappa shape index (κ3) is 3.22. The highest BCUT2D eigenvalue weighted by Gasteiger charge is 2.28. The minimum atomic E-state index is -1.99. The largest absolute Gasteiger partial charge is 0.468 e. The molecule has 1 aliphatic rings. The summed E-state index contributed by atoms with van der Waals surface area (Å²) in [5.41, 5.74) is -1.99. The van der Waals surface area contributed by atoms with Gasteiger partial charge >= 0.3 is 5.97 Å². The SMILES string of the molecule is COC(=O)[C@H](C)NP1(=S)OCCS1. The normalized spacial score (nSPS) is 30.0. The summed E-state index contributed by atoms with van der Waals surface area (Å²) < 4.78 is 9.95. The van der Waals surface area contributed by atoms with Gasteiger partial charge in [-0.15, -0.1) is 0 Å². The van der Waals surface area contributed by atoms with Gasteiger partial charge in [-0.3, -0.25) is 4.79 Å². The molecule has 0 amide bonds. The molecule has 0 aromatic carbocycles. The maximum absolute atomic E-state index is 11.1. The van der Waals surface area contributed by atoms with Gasteiger partial charge in [-0.25, -0.2) is 5.09 Å². The van der Waals surface area contributed by atoms with Gasteiger partial charge < -0.3 is 9.26 Å². The van der Waals surface area contributed by atoms with Gasteiger partial charge in [0.05, 0.1) is 13.7 Å². The number of ether oxygens (including phenoxy) is 1. The molecule has 0 radical (unpaired) electrons. The van der Waals surface area contributed by atoms with Gasteiger partial charge in [-0.05, 0) is 18.7 Å². The summed E-state index contributed by atoms with van der Waals surface area (Å²) >= 11 is 6.83. The van der Waals surface area contributed by atoms with E-state index in [4.69, 9.17) is 16.3 Å². The Kier molecular flexibility index (Phi) is 4.19. The maximum Gasteiger partial charge on any atom is 0.322 e. The second-order valence-electron chi connectivity index (χ2n) is 2.54. The van der Waals surface area contributed by atoms with Gasteiger partial charge in [-0.2, -0.15) is 0 Å². The van der Waals surface area contributed by atoms with Crippen LogP contribution in [0.3, 0.4) is 0 Å². The van der Waals surface area contributed by atoms with Crippen LogP contribution >= 0.6 is 17.0 Å². The molecule has 0 spiro atoms. The minimum absolute atomic E-state index is 0.305. The van der Waals surface area contributed by atoms with Crippen LogP contribution in [0.15, 0.2) is 0 Å². The average Bonchev–Trinajstić information content (AvgIpc) is 2.50. The molecule has 0 saturated carbocycles. The number of hydrogen-bond donors (Lipinski definition) is 1. The Bertz CT molecular complexity index is 238. The zero-order valence-electron chi connectivity index (χ0n) is 7.48. The summed E-state index contributed by atoms with van der Waals surface area (Å²) in [4.78, 5) is 11.1. The number of carbonyl (C=O) groups excluding carboxylic acids is 1. The van der Waals surface area contributed by atoms with Crippen molar-refractivity contribution < 1.29 is 14.1 Å². The van der Waals surface area contributed by atoms with Crippen LogP contribution < -0.4 is 5.09 Å². The third-order valence-corrected chi connectivity index (χ3v) is 7.21. The summed E-state index contributed by atoms with van der Waals surface area (Å²) in [6.07, 6.45) is 0. The van der Waals surface area contributed by atoms with Crippen LogP contribution in [0.4, 0.5) is 0 Å². The molecule has 1 aliphatic heterocycles. The molecule has 13 heavy (non-hydrogen) atoms. The van der Waals surface area contributed by atoms with Crippen molar-refractivity contribution in [2.75, 3.05) is 19.5 Å². The Balaban J connectivity index is 2.47. The number of carbonyl (C=O) groups is 1. The smallest absolute Gasteiger partial charge is 0.322 e. The molecule has 0 aliphatic carbocycles. The summed E-state index contributed by atoms with van der Waals surface area (Å²) in [7, 11) is 1.36. The summed E-state index contributed by atoms with van der Waals surface area (Å²) in [5, 5.41) is 3.00. The lowest BCUT2D eigenvalue weighted by atomic mass is 10.4. The van der Waals surface area contributed by atoms with Crippen LogP contribution in [0, 0.1) is 0 Å². The number of esters is 1. The predicted octanol–water partition coefficient (Wildman–Crippen LogP) is 1.13. The fraction of sp³-hybridized carbons (Fsp3) is 0.833. The lowest BCUT2D eigenvalue weighted by molar-refractivity contribution is -0.142. The van der Waals surface area contributed by atoms with Crippen LogP contribution in [0.2, 0.25) is 0 Å². The van der Waals surface area contributed by atoms with Crippen molar-refractivity contribution >= 4 is 34.8 Å². The highest BCUT2D eigenvalue weighted by molar-refractivity contribution is 8.69. The van der Waals surface area contributed by atoms with Crippen LogP contribution in [0.1, 0.15) is 6.92 Å². The van der Waals surface area contributed by atoms with Gasteiger partial charge in [0.2, 0.25) is 0 Å². The van der Waals surface area contributed by atoms with Crippen molar-refractivity contribution in [1.82, 2.24) is 5.09 Å². The molecule has 0 bridgehead atoms. The molecule has 1 N–H and O–H groups in total. The van der Waals surface area contributed by atoms with Crippen LogP contribution in [0.25, 0.3) is 0 Å². The highest BCUT2D eigenvalue weighted by Crippen LogP contribution is 2.60. The van der Waals surface area contributed by atoms with E-state index in [1.807, 2.05) is 0 Å².